The van der Waals surface area contributed by atoms with E-state index in [0.29, 0.717) is 11.9 Å². The van der Waals surface area contributed by atoms with Gasteiger partial charge in [-0.2, -0.15) is 0 Å². The number of nitrogens with zero attached hydrogens (tertiary/aromatic N) is 2. The van der Waals surface area contributed by atoms with Crippen molar-refractivity contribution in [1.82, 2.24) is 15.1 Å². The molecule has 0 saturated carbocycles. The van der Waals surface area contributed by atoms with Gasteiger partial charge in [-0.15, -0.1) is 24.8 Å². The third-order valence-corrected chi connectivity index (χ3v) is 5.71. The summed E-state index contributed by atoms with van der Waals surface area (Å²) in [6.45, 7) is 9.00. The number of piperazine rings is 1. The third kappa shape index (κ3) is 5.85. The van der Waals surface area contributed by atoms with Gasteiger partial charge in [0.05, 0.1) is 6.04 Å². The van der Waals surface area contributed by atoms with E-state index < -0.39 is 0 Å². The van der Waals surface area contributed by atoms with E-state index in [1.165, 1.54) is 24.8 Å². The summed E-state index contributed by atoms with van der Waals surface area (Å²) >= 11 is 0. The highest BCUT2D eigenvalue weighted by Gasteiger charge is 2.32. The molecular weight excluding hydrogens is 369 g/mol. The lowest BCUT2D eigenvalue weighted by Crippen LogP contribution is -2.57. The van der Waals surface area contributed by atoms with Crippen LogP contribution >= 0.6 is 24.8 Å². The Morgan fingerprint density at radius 3 is 2.42 bits per heavy atom. The molecule has 1 aromatic carbocycles. The maximum absolute atomic E-state index is 12.8. The van der Waals surface area contributed by atoms with E-state index in [2.05, 4.69) is 59.3 Å². The van der Waals surface area contributed by atoms with Gasteiger partial charge in [0.25, 0.3) is 0 Å². The number of hydrogen-bond acceptors (Lipinski definition) is 3. The van der Waals surface area contributed by atoms with Crippen LogP contribution in [0.1, 0.15) is 32.3 Å². The minimum atomic E-state index is 0. The molecule has 2 atom stereocenters. The van der Waals surface area contributed by atoms with Gasteiger partial charge >= 0.3 is 0 Å². The van der Waals surface area contributed by atoms with Crippen molar-refractivity contribution < 1.29 is 4.79 Å². The molecule has 2 aliphatic rings. The first-order valence-electron chi connectivity index (χ1n) is 9.44. The summed E-state index contributed by atoms with van der Waals surface area (Å²) in [5.74, 6) is 1.06. The van der Waals surface area contributed by atoms with Gasteiger partial charge in [-0.3, -0.25) is 9.69 Å². The molecule has 3 rings (SSSR count). The van der Waals surface area contributed by atoms with Gasteiger partial charge in [-0.1, -0.05) is 30.3 Å². The molecule has 1 aromatic rings. The molecular formula is C20H33Cl2N3O. The Hall–Kier alpha value is -0.810. The zero-order valence-corrected chi connectivity index (χ0v) is 17.5. The first kappa shape index (κ1) is 23.2. The molecule has 148 valence electrons. The Kier molecular flexibility index (Phi) is 9.94. The molecule has 1 unspecified atom stereocenters. The summed E-state index contributed by atoms with van der Waals surface area (Å²) in [5, 5.41) is 3.36. The number of halogens is 2. The second kappa shape index (κ2) is 11.1. The third-order valence-electron chi connectivity index (χ3n) is 5.71. The number of amides is 1. The van der Waals surface area contributed by atoms with E-state index in [9.17, 15) is 4.79 Å². The topological polar surface area (TPSA) is 35.6 Å². The van der Waals surface area contributed by atoms with Crippen LogP contribution in [0.15, 0.2) is 30.3 Å². The maximum atomic E-state index is 12.8. The molecule has 0 aromatic heterocycles. The van der Waals surface area contributed by atoms with Gasteiger partial charge < -0.3 is 10.2 Å². The van der Waals surface area contributed by atoms with Crippen molar-refractivity contribution in [2.45, 2.75) is 45.2 Å². The molecule has 0 spiro atoms. The minimum absolute atomic E-state index is 0. The lowest BCUT2D eigenvalue weighted by atomic mass is 9.89. The first-order valence-corrected chi connectivity index (χ1v) is 9.44. The van der Waals surface area contributed by atoms with E-state index in [1.54, 1.807) is 0 Å². The van der Waals surface area contributed by atoms with Gasteiger partial charge in [0.2, 0.25) is 5.91 Å². The molecule has 2 aliphatic heterocycles. The molecule has 0 radical (unpaired) electrons. The van der Waals surface area contributed by atoms with Crippen LogP contribution in [0.5, 0.6) is 0 Å². The molecule has 1 amide bonds. The lowest BCUT2D eigenvalue weighted by Gasteiger charge is -2.40. The van der Waals surface area contributed by atoms with Gasteiger partial charge in [-0.25, -0.2) is 0 Å². The predicted molar refractivity (Wildman–Crippen MR) is 112 cm³/mol. The Labute approximate surface area is 170 Å². The number of piperidine rings is 1. The second-order valence-electron chi connectivity index (χ2n) is 7.43. The van der Waals surface area contributed by atoms with Crippen LogP contribution in [0.25, 0.3) is 0 Å². The Morgan fingerprint density at radius 1 is 1.15 bits per heavy atom. The van der Waals surface area contributed by atoms with Crippen LogP contribution in [0.3, 0.4) is 0 Å². The highest BCUT2D eigenvalue weighted by Crippen LogP contribution is 2.23. The molecule has 0 aliphatic carbocycles. The molecule has 6 heteroatoms. The zero-order chi connectivity index (χ0) is 16.9. The van der Waals surface area contributed by atoms with Gasteiger partial charge in [0.1, 0.15) is 0 Å². The van der Waals surface area contributed by atoms with Gasteiger partial charge in [0, 0.05) is 25.7 Å². The van der Waals surface area contributed by atoms with Crippen molar-refractivity contribution in [3.8, 4) is 0 Å². The summed E-state index contributed by atoms with van der Waals surface area (Å²) in [6, 6.07) is 11.1. The molecule has 0 bridgehead atoms. The number of carbonyl (C=O) groups excluding carboxylic acids is 1. The van der Waals surface area contributed by atoms with E-state index >= 15 is 0 Å². The van der Waals surface area contributed by atoms with Crippen LogP contribution in [-0.2, 0) is 11.2 Å². The van der Waals surface area contributed by atoms with E-state index in [-0.39, 0.29) is 30.9 Å². The van der Waals surface area contributed by atoms with Crippen molar-refractivity contribution >= 4 is 30.7 Å². The number of rotatable bonds is 4. The SMILES string of the molecule is CC(C(=O)N1CCNC[C@@H]1C)N1CCC(Cc2ccccc2)CC1.Cl.Cl. The van der Waals surface area contributed by atoms with E-state index in [1.807, 2.05) is 0 Å². The number of benzene rings is 1. The average Bonchev–Trinajstić information content (AvgIpc) is 2.62. The van der Waals surface area contributed by atoms with Gasteiger partial charge in [0.15, 0.2) is 0 Å². The van der Waals surface area contributed by atoms with Crippen molar-refractivity contribution in [2.24, 2.45) is 5.92 Å². The van der Waals surface area contributed by atoms with E-state index in [4.69, 9.17) is 0 Å². The van der Waals surface area contributed by atoms with Crippen LogP contribution in [-0.4, -0.2) is 60.5 Å². The van der Waals surface area contributed by atoms with Crippen LogP contribution in [0, 0.1) is 5.92 Å². The summed E-state index contributed by atoms with van der Waals surface area (Å²) in [4.78, 5) is 17.3. The lowest BCUT2D eigenvalue weighted by molar-refractivity contribution is -0.139. The summed E-state index contributed by atoms with van der Waals surface area (Å²) in [5.41, 5.74) is 1.44. The molecule has 26 heavy (non-hydrogen) atoms. The number of nitrogens with one attached hydrogen (secondary N) is 1. The quantitative estimate of drug-likeness (QED) is 0.841. The number of likely N-dealkylation sites (tertiary alicyclic amines) is 1. The Balaban J connectivity index is 0.00000169. The van der Waals surface area contributed by atoms with Crippen molar-refractivity contribution in [2.75, 3.05) is 32.7 Å². The summed E-state index contributed by atoms with van der Waals surface area (Å²) in [7, 11) is 0. The minimum Gasteiger partial charge on any atom is -0.336 e. The molecule has 2 heterocycles. The standard InChI is InChI=1S/C20H31N3O.2ClH/c1-16-15-21-10-13-23(16)20(24)17(2)22-11-8-19(9-12-22)14-18-6-4-3-5-7-18;;/h3-7,16-17,19,21H,8-15H2,1-2H3;2*1H/t16-,17?;;/m0../s1. The zero-order valence-electron chi connectivity index (χ0n) is 15.9. The smallest absolute Gasteiger partial charge is 0.239 e. The van der Waals surface area contributed by atoms with Crippen LogP contribution in [0.4, 0.5) is 0 Å². The summed E-state index contributed by atoms with van der Waals surface area (Å²) < 4.78 is 0. The predicted octanol–water partition coefficient (Wildman–Crippen LogP) is 2.99. The Bertz CT molecular complexity index is 535. The van der Waals surface area contributed by atoms with Crippen molar-refractivity contribution in [1.29, 1.82) is 0 Å². The number of carbonyl (C=O) groups is 1. The fraction of sp³-hybridized carbons (Fsp3) is 0.650. The summed E-state index contributed by atoms with van der Waals surface area (Å²) in [6.07, 6.45) is 3.57. The second-order valence-corrected chi connectivity index (χ2v) is 7.43. The highest BCUT2D eigenvalue weighted by atomic mass is 35.5. The largest absolute Gasteiger partial charge is 0.336 e. The Morgan fingerprint density at radius 2 is 1.81 bits per heavy atom. The average molecular weight is 402 g/mol. The fourth-order valence-electron chi connectivity index (χ4n) is 4.06. The molecule has 1 N–H and O–H groups in total. The van der Waals surface area contributed by atoms with Crippen molar-refractivity contribution in [3.05, 3.63) is 35.9 Å². The van der Waals surface area contributed by atoms with Crippen LogP contribution < -0.4 is 5.32 Å². The number of hydrogen-bond donors (Lipinski definition) is 1. The first-order chi connectivity index (χ1) is 11.6. The van der Waals surface area contributed by atoms with Crippen LogP contribution in [0.2, 0.25) is 0 Å². The maximum Gasteiger partial charge on any atom is 0.239 e. The molecule has 2 fully saturated rings. The highest BCUT2D eigenvalue weighted by molar-refractivity contribution is 5.85. The monoisotopic (exact) mass is 401 g/mol. The normalized spacial score (nSPS) is 22.8. The van der Waals surface area contributed by atoms with Gasteiger partial charge in [-0.05, 0) is 57.7 Å². The molecule has 4 nitrogen and oxygen atoms in total. The van der Waals surface area contributed by atoms with E-state index in [0.717, 1.165) is 38.6 Å². The van der Waals surface area contributed by atoms with Crippen molar-refractivity contribution in [3.63, 3.8) is 0 Å². The fourth-order valence-corrected chi connectivity index (χ4v) is 4.06. The molecule has 2 saturated heterocycles.